The average Bonchev–Trinajstić information content (AvgIpc) is 2.40. The molecule has 1 aromatic carbocycles. The first-order chi connectivity index (χ1) is 9.56. The van der Waals surface area contributed by atoms with E-state index in [1.807, 2.05) is 0 Å². The Balaban J connectivity index is 2.13. The number of ether oxygens (including phenoxy) is 1. The van der Waals surface area contributed by atoms with Crippen LogP contribution in [0.3, 0.4) is 0 Å². The Kier molecular flexibility index (Phi) is 3.24. The third-order valence-corrected chi connectivity index (χ3v) is 3.95. The molecule has 104 valence electrons. The molecule has 0 bridgehead atoms. The molecule has 0 aromatic heterocycles. The van der Waals surface area contributed by atoms with Crippen LogP contribution < -0.4 is 9.26 Å². The molecule has 5 nitrogen and oxygen atoms in total. The van der Waals surface area contributed by atoms with Crippen LogP contribution in [0.2, 0.25) is 0 Å². The van der Waals surface area contributed by atoms with Crippen molar-refractivity contribution >= 4 is 13.8 Å². The van der Waals surface area contributed by atoms with Crippen LogP contribution in [0.15, 0.2) is 30.0 Å². The maximum atomic E-state index is 10.8. The lowest BCUT2D eigenvalue weighted by atomic mass is 9.84. The van der Waals surface area contributed by atoms with Gasteiger partial charge in [0.1, 0.15) is 11.5 Å². The van der Waals surface area contributed by atoms with E-state index < -0.39 is 8.25 Å². The molecular weight excluding hydrogens is 279 g/mol. The number of allylic oxidation sites excluding steroid dienone is 2. The Morgan fingerprint density at radius 3 is 2.65 bits per heavy atom. The number of fused-ring (bicyclic) bond motifs is 2. The smallest absolute Gasteiger partial charge is 0.504 e. The number of phenolic OH excluding ortho intramolecular Hbond substituents is 1. The van der Waals surface area contributed by atoms with Crippen molar-refractivity contribution < 1.29 is 23.8 Å². The van der Waals surface area contributed by atoms with Gasteiger partial charge in [0.25, 0.3) is 0 Å². The normalized spacial score (nSPS) is 18.1. The van der Waals surface area contributed by atoms with E-state index in [4.69, 9.17) is 14.2 Å². The number of hydrogen-bond acceptors (Lipinski definition) is 4. The van der Waals surface area contributed by atoms with Crippen molar-refractivity contribution in [2.75, 3.05) is 0 Å². The topological polar surface area (TPSA) is 76.0 Å². The first kappa shape index (κ1) is 13.2. The fourth-order valence-electron chi connectivity index (χ4n) is 2.73. The predicted octanol–water partition coefficient (Wildman–Crippen LogP) is 3.65. The summed E-state index contributed by atoms with van der Waals surface area (Å²) in [5, 5.41) is 9.81. The lowest BCUT2D eigenvalue weighted by Crippen LogP contribution is -2.12. The zero-order valence-electron chi connectivity index (χ0n) is 10.8. The van der Waals surface area contributed by atoms with Crippen molar-refractivity contribution in [2.24, 2.45) is 0 Å². The van der Waals surface area contributed by atoms with E-state index in [0.717, 1.165) is 42.4 Å². The summed E-state index contributed by atoms with van der Waals surface area (Å²) in [4.78, 5) is 8.83. The van der Waals surface area contributed by atoms with Crippen molar-refractivity contribution in [2.45, 2.75) is 25.7 Å². The zero-order valence-corrected chi connectivity index (χ0v) is 11.7. The number of phenols is 1. The van der Waals surface area contributed by atoms with Gasteiger partial charge in [0.15, 0.2) is 5.75 Å². The van der Waals surface area contributed by atoms with Gasteiger partial charge in [0.05, 0.1) is 0 Å². The molecule has 2 N–H and O–H groups in total. The maximum absolute atomic E-state index is 10.8. The second-order valence-corrected chi connectivity index (χ2v) is 5.49. The molecule has 1 aliphatic heterocycles. The average molecular weight is 293 g/mol. The summed E-state index contributed by atoms with van der Waals surface area (Å²) in [6.45, 7) is 3.92. The first-order valence-corrected chi connectivity index (χ1v) is 7.50. The van der Waals surface area contributed by atoms with Crippen LogP contribution in [0.5, 0.6) is 17.2 Å². The third-order valence-electron chi connectivity index (χ3n) is 3.60. The van der Waals surface area contributed by atoms with Gasteiger partial charge in [-0.25, -0.2) is 4.52 Å². The van der Waals surface area contributed by atoms with Gasteiger partial charge in [-0.1, -0.05) is 6.58 Å². The predicted molar refractivity (Wildman–Crippen MR) is 73.7 cm³/mol. The van der Waals surface area contributed by atoms with Crippen LogP contribution in [0.1, 0.15) is 31.2 Å². The van der Waals surface area contributed by atoms with Gasteiger partial charge < -0.3 is 9.84 Å². The van der Waals surface area contributed by atoms with Crippen LogP contribution in [0, 0.1) is 0 Å². The monoisotopic (exact) mass is 293 g/mol. The minimum atomic E-state index is -2.82. The highest BCUT2D eigenvalue weighted by Gasteiger charge is 2.29. The Labute approximate surface area is 117 Å². The molecular formula is C14H14O5P+. The third kappa shape index (κ3) is 2.19. The lowest BCUT2D eigenvalue weighted by Gasteiger charge is -2.28. The number of hydrogen-bond donors (Lipinski definition) is 2. The number of rotatable bonds is 2. The molecule has 1 atom stereocenters. The van der Waals surface area contributed by atoms with E-state index in [9.17, 15) is 9.67 Å². The Morgan fingerprint density at radius 1 is 1.25 bits per heavy atom. The highest BCUT2D eigenvalue weighted by molar-refractivity contribution is 7.32. The summed E-state index contributed by atoms with van der Waals surface area (Å²) in [6, 6.07) is 2.95. The maximum Gasteiger partial charge on any atom is 0.747 e. The van der Waals surface area contributed by atoms with Gasteiger partial charge in [-0.15, -0.1) is 4.89 Å². The molecule has 3 rings (SSSR count). The van der Waals surface area contributed by atoms with E-state index in [1.165, 1.54) is 6.07 Å². The van der Waals surface area contributed by atoms with Gasteiger partial charge in [0.2, 0.25) is 5.75 Å². The molecule has 0 saturated heterocycles. The van der Waals surface area contributed by atoms with Gasteiger partial charge >= 0.3 is 8.25 Å². The molecule has 0 radical (unpaired) electrons. The summed E-state index contributed by atoms with van der Waals surface area (Å²) in [5.74, 6) is 0.886. The lowest BCUT2D eigenvalue weighted by molar-refractivity contribution is 0.382. The Morgan fingerprint density at radius 2 is 1.95 bits per heavy atom. The Bertz CT molecular complexity index is 647. The standard InChI is InChI=1S/C14H13O5P/c1-8-9-4-2-3-5-10(9)11-6-14(19-20(16)17)12(15)7-13(11)18-8/h6-7H,1-5H2,(H-,15,16,17)/p+1. The summed E-state index contributed by atoms with van der Waals surface area (Å²) in [7, 11) is -2.82. The van der Waals surface area contributed by atoms with Crippen LogP contribution in [0.4, 0.5) is 0 Å². The molecule has 6 heteroatoms. The molecule has 0 amide bonds. The summed E-state index contributed by atoms with van der Waals surface area (Å²) in [6.07, 6.45) is 4.00. The quantitative estimate of drug-likeness (QED) is 0.814. The van der Waals surface area contributed by atoms with Crippen LogP contribution >= 0.6 is 8.25 Å². The molecule has 0 fully saturated rings. The second-order valence-electron chi connectivity index (χ2n) is 4.83. The van der Waals surface area contributed by atoms with Gasteiger partial charge in [0, 0.05) is 22.3 Å². The minimum Gasteiger partial charge on any atom is -0.504 e. The van der Waals surface area contributed by atoms with Crippen molar-refractivity contribution in [3.05, 3.63) is 35.6 Å². The van der Waals surface area contributed by atoms with E-state index in [1.54, 1.807) is 6.07 Å². The summed E-state index contributed by atoms with van der Waals surface area (Å²) < 4.78 is 21.2. The van der Waals surface area contributed by atoms with Gasteiger partial charge in [-0.2, -0.15) is 0 Å². The molecule has 2 aliphatic rings. The van der Waals surface area contributed by atoms with E-state index in [-0.39, 0.29) is 11.5 Å². The van der Waals surface area contributed by atoms with Gasteiger partial charge in [-0.3, -0.25) is 0 Å². The van der Waals surface area contributed by atoms with Crippen LogP contribution in [-0.2, 0) is 4.57 Å². The molecule has 20 heavy (non-hydrogen) atoms. The molecule has 0 saturated carbocycles. The fourth-order valence-corrected chi connectivity index (χ4v) is 3.05. The largest absolute Gasteiger partial charge is 0.747 e. The van der Waals surface area contributed by atoms with Crippen molar-refractivity contribution in [3.8, 4) is 17.2 Å². The number of aromatic hydroxyl groups is 1. The van der Waals surface area contributed by atoms with E-state index >= 15 is 0 Å². The summed E-state index contributed by atoms with van der Waals surface area (Å²) in [5.41, 5.74) is 3.02. The Hall–Kier alpha value is -1.84. The van der Waals surface area contributed by atoms with Crippen molar-refractivity contribution in [1.82, 2.24) is 0 Å². The highest BCUT2D eigenvalue weighted by Crippen LogP contribution is 2.48. The molecule has 0 spiro atoms. The van der Waals surface area contributed by atoms with E-state index in [2.05, 4.69) is 6.58 Å². The minimum absolute atomic E-state index is 0.0131. The molecule has 1 heterocycles. The molecule has 1 unspecified atom stereocenters. The van der Waals surface area contributed by atoms with E-state index in [0.29, 0.717) is 11.5 Å². The summed E-state index contributed by atoms with van der Waals surface area (Å²) >= 11 is 0. The van der Waals surface area contributed by atoms with Gasteiger partial charge in [-0.05, 0) is 36.8 Å². The zero-order chi connectivity index (χ0) is 14.3. The molecule has 1 aliphatic carbocycles. The first-order valence-electron chi connectivity index (χ1n) is 6.37. The van der Waals surface area contributed by atoms with Crippen LogP contribution in [0.25, 0.3) is 5.57 Å². The number of benzene rings is 1. The van der Waals surface area contributed by atoms with Crippen molar-refractivity contribution in [3.63, 3.8) is 0 Å². The molecule has 1 aromatic rings. The second kappa shape index (κ2) is 4.93. The fraction of sp³-hybridized carbons (Fsp3) is 0.286. The highest BCUT2D eigenvalue weighted by atomic mass is 31.1. The van der Waals surface area contributed by atoms with Crippen LogP contribution in [-0.4, -0.2) is 10.00 Å². The SMILES string of the molecule is C=C1Oc2cc(O)c(O[P+](=O)O)cc2C2=C1CCCC2. The van der Waals surface area contributed by atoms with Crippen molar-refractivity contribution in [1.29, 1.82) is 0 Å².